The Labute approximate surface area is 160 Å². The van der Waals surface area contributed by atoms with Crippen LogP contribution >= 0.6 is 104 Å². The Morgan fingerprint density at radius 3 is 1.55 bits per heavy atom. The normalized spacial score (nSPS) is 14.4. The van der Waals surface area contributed by atoms with Gasteiger partial charge in [0.2, 0.25) is 8.13 Å². The van der Waals surface area contributed by atoms with Gasteiger partial charge in [-0.05, 0) is 6.07 Å². The molecule has 0 spiro atoms. The van der Waals surface area contributed by atoms with Crippen molar-refractivity contribution in [3.05, 3.63) is 29.8 Å². The first-order chi connectivity index (χ1) is 8.77. The topological polar surface area (TPSA) is 20.2 Å². The van der Waals surface area contributed by atoms with Gasteiger partial charge in [-0.25, -0.2) is 0 Å². The first kappa shape index (κ1) is 19.7. The van der Waals surface area contributed by atoms with E-state index in [0.29, 0.717) is 0 Å². The molecular weight excluding hydrogens is 455 g/mol. The molecule has 0 heterocycles. The minimum atomic E-state index is -2.39. The first-order valence-corrected chi connectivity index (χ1v) is 8.15. The van der Waals surface area contributed by atoms with E-state index in [1.807, 2.05) is 0 Å². The van der Waals surface area contributed by atoms with Crippen LogP contribution in [0.3, 0.4) is 0 Å². The van der Waals surface area contributed by atoms with Gasteiger partial charge in [-0.2, -0.15) is 0 Å². The number of halogens is 9. The highest BCUT2D eigenvalue weighted by Gasteiger charge is 2.68. The van der Waals surface area contributed by atoms with Gasteiger partial charge in [-0.15, -0.1) is 0 Å². The highest BCUT2D eigenvalue weighted by molar-refractivity contribution is 6.80. The van der Waals surface area contributed by atoms with Crippen LogP contribution in [0.15, 0.2) is 24.3 Å². The van der Waals surface area contributed by atoms with Crippen LogP contribution in [0.2, 0.25) is 0 Å². The second kappa shape index (κ2) is 6.26. The summed E-state index contributed by atoms with van der Waals surface area (Å²) in [6, 6.07) is 5.77. The number of aromatic hydroxyl groups is 1. The molecule has 0 aliphatic rings. The van der Waals surface area contributed by atoms with E-state index in [1.54, 1.807) is 0 Å². The van der Waals surface area contributed by atoms with Crippen LogP contribution in [0.25, 0.3) is 0 Å². The van der Waals surface area contributed by atoms with E-state index >= 15 is 0 Å². The van der Waals surface area contributed by atoms with E-state index in [1.165, 1.54) is 24.3 Å². The minimum Gasteiger partial charge on any atom is -0.508 e. The molecule has 0 saturated heterocycles. The summed E-state index contributed by atoms with van der Waals surface area (Å²) in [5.41, 5.74) is -0.0479. The number of phenolic OH excluding ortho intramolecular Hbond substituents is 1. The molecule has 0 aromatic heterocycles. The molecule has 1 aromatic carbocycles. The smallest absolute Gasteiger partial charge is 0.226 e. The number of hydrogen-bond donors (Lipinski definition) is 1. The van der Waals surface area contributed by atoms with Crippen LogP contribution in [-0.4, -0.2) is 17.6 Å². The summed E-state index contributed by atoms with van der Waals surface area (Å²) in [5.74, 6) is -0.281. The van der Waals surface area contributed by atoms with E-state index in [2.05, 4.69) is 0 Å². The zero-order chi connectivity index (χ0) is 16.0. The Balaban J connectivity index is 3.44. The first-order valence-electron chi connectivity index (χ1n) is 4.75. The third-order valence-electron chi connectivity index (χ3n) is 2.39. The molecule has 0 radical (unpaired) electrons. The molecule has 0 aliphatic carbocycles. The highest BCUT2D eigenvalue weighted by Crippen LogP contribution is 2.65. The van der Waals surface area contributed by atoms with Crippen molar-refractivity contribution in [1.29, 1.82) is 0 Å². The van der Waals surface area contributed by atoms with Crippen molar-refractivity contribution in [3.63, 3.8) is 0 Å². The van der Waals surface area contributed by atoms with Crippen molar-refractivity contribution >= 4 is 104 Å². The third-order valence-corrected chi connectivity index (χ3v) is 7.83. The quantitative estimate of drug-likeness (QED) is 0.496. The SMILES string of the molecule is Oc1ccccc1C(Cl)(Cl)C(Cl)(Cl)C(Cl)(Cl)C(Cl)(Cl)Cl. The van der Waals surface area contributed by atoms with Gasteiger partial charge in [0.1, 0.15) is 5.75 Å². The van der Waals surface area contributed by atoms with Gasteiger partial charge in [0.25, 0.3) is 0 Å². The number of alkyl halides is 9. The molecule has 1 nitrogen and oxygen atoms in total. The summed E-state index contributed by atoms with van der Waals surface area (Å²) >= 11 is 53.3. The number of para-hydroxylation sites is 1. The van der Waals surface area contributed by atoms with Crippen molar-refractivity contribution in [2.24, 2.45) is 0 Å². The lowest BCUT2D eigenvalue weighted by molar-refractivity contribution is 0.458. The average molecular weight is 460 g/mol. The fourth-order valence-corrected chi connectivity index (χ4v) is 3.57. The van der Waals surface area contributed by atoms with Gasteiger partial charge in [0.05, 0.1) is 0 Å². The molecule has 0 bridgehead atoms. The van der Waals surface area contributed by atoms with E-state index in [4.69, 9.17) is 104 Å². The van der Waals surface area contributed by atoms with Crippen molar-refractivity contribution < 1.29 is 5.11 Å². The summed E-state index contributed by atoms with van der Waals surface area (Å²) in [5, 5.41) is 9.81. The molecule has 0 atom stereocenters. The van der Waals surface area contributed by atoms with Crippen molar-refractivity contribution in [1.82, 2.24) is 0 Å². The van der Waals surface area contributed by atoms with Crippen molar-refractivity contribution in [2.75, 3.05) is 0 Å². The van der Waals surface area contributed by atoms with Gasteiger partial charge >= 0.3 is 0 Å². The second-order valence-electron chi connectivity index (χ2n) is 3.74. The molecule has 1 rings (SSSR count). The second-order valence-corrected chi connectivity index (χ2v) is 10.0. The standard InChI is InChI=1S/C10H5Cl9O/c11-7(12,5-3-1-2-4-6(5)20)8(13,14)9(15,16)10(17,18)19/h1-4,20H. The van der Waals surface area contributed by atoms with Crippen LogP contribution in [0, 0.1) is 0 Å². The maximum atomic E-state index is 9.81. The molecule has 20 heavy (non-hydrogen) atoms. The summed E-state index contributed by atoms with van der Waals surface area (Å²) in [4.78, 5) is 0. The minimum absolute atomic E-state index is 0.0479. The van der Waals surface area contributed by atoms with Crippen molar-refractivity contribution in [3.8, 4) is 5.75 Å². The fourth-order valence-electron chi connectivity index (χ4n) is 1.28. The number of hydrogen-bond acceptors (Lipinski definition) is 1. The molecule has 0 fully saturated rings. The van der Waals surface area contributed by atoms with Crippen LogP contribution in [0.4, 0.5) is 0 Å². The van der Waals surface area contributed by atoms with Crippen LogP contribution in [-0.2, 0) is 4.33 Å². The predicted octanol–water partition coefficient (Wildman–Crippen LogP) is 6.74. The summed E-state index contributed by atoms with van der Waals surface area (Å²) < 4.78 is -9.25. The maximum absolute atomic E-state index is 9.81. The molecular formula is C10H5Cl9O. The van der Waals surface area contributed by atoms with E-state index < -0.39 is 16.8 Å². The van der Waals surface area contributed by atoms with E-state index in [-0.39, 0.29) is 11.3 Å². The summed E-state index contributed by atoms with van der Waals surface area (Å²) in [6.45, 7) is 0. The van der Waals surface area contributed by atoms with Gasteiger partial charge in [0, 0.05) is 5.56 Å². The molecule has 10 heteroatoms. The van der Waals surface area contributed by atoms with E-state index in [9.17, 15) is 5.11 Å². The summed E-state index contributed by atoms with van der Waals surface area (Å²) in [7, 11) is 0. The summed E-state index contributed by atoms with van der Waals surface area (Å²) in [6.07, 6.45) is 0. The Bertz CT molecular complexity index is 492. The predicted molar refractivity (Wildman–Crippen MR) is 90.7 cm³/mol. The fraction of sp³-hybridized carbons (Fsp3) is 0.400. The Morgan fingerprint density at radius 2 is 1.15 bits per heavy atom. The average Bonchev–Trinajstić information content (AvgIpc) is 2.27. The van der Waals surface area contributed by atoms with Gasteiger partial charge in [-0.1, -0.05) is 123 Å². The molecule has 0 amide bonds. The highest BCUT2D eigenvalue weighted by atomic mass is 35.6. The van der Waals surface area contributed by atoms with Crippen LogP contribution in [0.5, 0.6) is 5.75 Å². The van der Waals surface area contributed by atoms with Crippen LogP contribution < -0.4 is 0 Å². The molecule has 0 saturated carbocycles. The van der Waals surface area contributed by atoms with Gasteiger partial charge in [0.15, 0.2) is 8.67 Å². The Kier molecular flexibility index (Phi) is 6.16. The number of phenols is 1. The molecule has 1 N–H and O–H groups in total. The van der Waals surface area contributed by atoms with Gasteiger partial charge < -0.3 is 5.11 Å². The monoisotopic (exact) mass is 456 g/mol. The Morgan fingerprint density at radius 1 is 0.700 bits per heavy atom. The van der Waals surface area contributed by atoms with Gasteiger partial charge in [-0.3, -0.25) is 0 Å². The number of benzene rings is 1. The Hall–Kier alpha value is 1.63. The zero-order valence-corrected chi connectivity index (χ0v) is 16.0. The zero-order valence-electron chi connectivity index (χ0n) is 9.16. The lowest BCUT2D eigenvalue weighted by Crippen LogP contribution is -2.54. The molecule has 1 aromatic rings. The third kappa shape index (κ3) is 3.27. The van der Waals surface area contributed by atoms with E-state index in [0.717, 1.165) is 0 Å². The number of rotatable bonds is 3. The molecule has 0 unspecified atom stereocenters. The lowest BCUT2D eigenvalue weighted by Gasteiger charge is -2.44. The van der Waals surface area contributed by atoms with Crippen molar-refractivity contribution in [2.45, 2.75) is 16.8 Å². The largest absolute Gasteiger partial charge is 0.508 e. The van der Waals surface area contributed by atoms with Crippen LogP contribution in [0.1, 0.15) is 5.56 Å². The molecule has 114 valence electrons. The lowest BCUT2D eigenvalue weighted by atomic mass is 10.0. The molecule has 0 aliphatic heterocycles. The maximum Gasteiger partial charge on any atom is 0.226 e.